The van der Waals surface area contributed by atoms with Gasteiger partial charge in [-0.25, -0.2) is 9.78 Å². The summed E-state index contributed by atoms with van der Waals surface area (Å²) in [6.45, 7) is 5.05. The summed E-state index contributed by atoms with van der Waals surface area (Å²) in [5, 5.41) is 7.05. The number of hydrogen-bond donors (Lipinski definition) is 1. The Kier molecular flexibility index (Phi) is 6.41. The van der Waals surface area contributed by atoms with Crippen molar-refractivity contribution in [2.45, 2.75) is 39.4 Å². The molecule has 0 aliphatic carbocycles. The molecule has 0 aliphatic heterocycles. The quantitative estimate of drug-likeness (QED) is 0.647. The minimum atomic E-state index is -0.204. The Morgan fingerprint density at radius 3 is 2.75 bits per heavy atom. The Morgan fingerprint density at radius 2 is 2.07 bits per heavy atom. The van der Waals surface area contributed by atoms with Crippen molar-refractivity contribution in [2.75, 3.05) is 7.05 Å². The van der Waals surface area contributed by atoms with Gasteiger partial charge >= 0.3 is 6.03 Å². The van der Waals surface area contributed by atoms with Crippen molar-refractivity contribution in [3.63, 3.8) is 0 Å². The highest BCUT2D eigenvalue weighted by atomic mass is 16.5. The second-order valence-corrected chi connectivity index (χ2v) is 7.23. The third-order valence-electron chi connectivity index (χ3n) is 4.27. The molecule has 0 aliphatic rings. The molecule has 0 bridgehead atoms. The lowest BCUT2D eigenvalue weighted by molar-refractivity contribution is 0.199. The number of rotatable bonds is 8. The van der Waals surface area contributed by atoms with Gasteiger partial charge in [0, 0.05) is 32.4 Å². The summed E-state index contributed by atoms with van der Waals surface area (Å²) >= 11 is 0. The lowest BCUT2D eigenvalue weighted by Gasteiger charge is -2.23. The summed E-state index contributed by atoms with van der Waals surface area (Å²) in [5.41, 5.74) is 1.02. The fourth-order valence-electron chi connectivity index (χ4n) is 2.85. The van der Waals surface area contributed by atoms with Crippen LogP contribution in [-0.4, -0.2) is 37.7 Å². The maximum Gasteiger partial charge on any atom is 0.318 e. The molecule has 3 rings (SSSR count). The number of carbonyl (C=O) groups is 1. The normalized spacial score (nSPS) is 12.1. The Hall–Kier alpha value is -3.16. The highest BCUT2D eigenvalue weighted by Gasteiger charge is 2.19. The van der Waals surface area contributed by atoms with Crippen molar-refractivity contribution >= 4 is 6.03 Å². The predicted octanol–water partition coefficient (Wildman–Crippen LogP) is 3.05. The van der Waals surface area contributed by atoms with Gasteiger partial charge in [-0.3, -0.25) is 0 Å². The molecule has 0 saturated heterocycles. The molecule has 0 saturated carbocycles. The van der Waals surface area contributed by atoms with Crippen molar-refractivity contribution in [1.29, 1.82) is 0 Å². The van der Waals surface area contributed by atoms with E-state index < -0.39 is 0 Å². The number of hydrogen-bond acceptors (Lipinski definition) is 5. The van der Waals surface area contributed by atoms with Gasteiger partial charge in [-0.05, 0) is 11.5 Å². The Labute approximate surface area is 164 Å². The average molecular weight is 382 g/mol. The van der Waals surface area contributed by atoms with E-state index in [-0.39, 0.29) is 18.6 Å². The molecule has 0 fully saturated rings. The van der Waals surface area contributed by atoms with E-state index in [1.54, 1.807) is 24.5 Å². The molecule has 0 radical (unpaired) electrons. The van der Waals surface area contributed by atoms with Crippen molar-refractivity contribution in [3.05, 3.63) is 66.3 Å². The molecule has 8 nitrogen and oxygen atoms in total. The van der Waals surface area contributed by atoms with Gasteiger partial charge in [0.15, 0.2) is 5.82 Å². The van der Waals surface area contributed by atoms with Gasteiger partial charge in [0.2, 0.25) is 5.89 Å². The largest absolute Gasteiger partial charge is 0.339 e. The zero-order valence-corrected chi connectivity index (χ0v) is 16.4. The Morgan fingerprint density at radius 1 is 1.29 bits per heavy atom. The Bertz CT molecular complexity index is 860. The summed E-state index contributed by atoms with van der Waals surface area (Å²) in [7, 11) is 1.72. The van der Waals surface area contributed by atoms with Gasteiger partial charge in [-0.2, -0.15) is 4.98 Å². The van der Waals surface area contributed by atoms with Gasteiger partial charge in [0.05, 0.1) is 18.9 Å². The highest BCUT2D eigenvalue weighted by molar-refractivity contribution is 5.74. The minimum absolute atomic E-state index is 0.188. The number of imidazole rings is 1. The third-order valence-corrected chi connectivity index (χ3v) is 4.27. The van der Waals surface area contributed by atoms with Crippen LogP contribution < -0.4 is 5.32 Å². The third kappa shape index (κ3) is 5.42. The fourth-order valence-corrected chi connectivity index (χ4v) is 2.85. The van der Waals surface area contributed by atoms with Crippen LogP contribution >= 0.6 is 0 Å². The van der Waals surface area contributed by atoms with E-state index in [1.165, 1.54) is 0 Å². The topological polar surface area (TPSA) is 89.1 Å². The first kappa shape index (κ1) is 19.6. The van der Waals surface area contributed by atoms with Gasteiger partial charge in [0.25, 0.3) is 0 Å². The van der Waals surface area contributed by atoms with Crippen LogP contribution in [0, 0.1) is 5.92 Å². The summed E-state index contributed by atoms with van der Waals surface area (Å²) in [5.74, 6) is 1.53. The van der Waals surface area contributed by atoms with E-state index in [0.717, 1.165) is 12.0 Å². The summed E-state index contributed by atoms with van der Waals surface area (Å²) in [4.78, 5) is 22.7. The van der Waals surface area contributed by atoms with E-state index in [1.807, 2.05) is 41.1 Å². The van der Waals surface area contributed by atoms with E-state index in [9.17, 15) is 4.79 Å². The molecule has 148 valence electrons. The Balaban J connectivity index is 1.64. The smallest absolute Gasteiger partial charge is 0.318 e. The minimum Gasteiger partial charge on any atom is -0.339 e. The maximum absolute atomic E-state index is 12.7. The fraction of sp³-hybridized carbons (Fsp3) is 0.400. The van der Waals surface area contributed by atoms with Crippen molar-refractivity contribution in [1.82, 2.24) is 29.9 Å². The number of aromatic nitrogens is 4. The highest BCUT2D eigenvalue weighted by Crippen LogP contribution is 2.16. The first-order chi connectivity index (χ1) is 13.5. The van der Waals surface area contributed by atoms with Crippen LogP contribution in [0.15, 0.2) is 53.6 Å². The van der Waals surface area contributed by atoms with E-state index in [0.29, 0.717) is 24.2 Å². The van der Waals surface area contributed by atoms with Crippen LogP contribution in [0.3, 0.4) is 0 Å². The first-order valence-corrected chi connectivity index (χ1v) is 9.35. The molecule has 2 amide bonds. The van der Waals surface area contributed by atoms with Crippen LogP contribution in [-0.2, 0) is 19.5 Å². The van der Waals surface area contributed by atoms with Gasteiger partial charge in [0.1, 0.15) is 0 Å². The molecular formula is C20H26N6O2. The predicted molar refractivity (Wildman–Crippen MR) is 104 cm³/mol. The molecule has 8 heteroatoms. The van der Waals surface area contributed by atoms with Crippen molar-refractivity contribution in [2.24, 2.45) is 5.92 Å². The number of urea groups is 1. The molecule has 28 heavy (non-hydrogen) atoms. The first-order valence-electron chi connectivity index (χ1n) is 9.35. The lowest BCUT2D eigenvalue weighted by Crippen LogP contribution is -2.40. The second-order valence-electron chi connectivity index (χ2n) is 7.23. The number of amides is 2. The standard InChI is InChI=1S/C20H26N6O2/c1-15(2)11-19-23-18(24-28-19)13-25(3)20(27)22-17(12-26-10-9-21-14-26)16-7-5-4-6-8-16/h4-10,14-15,17H,11-13H2,1-3H3,(H,22,27)/t17-/m1/s1. The summed E-state index contributed by atoms with van der Waals surface area (Å²) < 4.78 is 7.19. The molecule has 3 aromatic rings. The summed E-state index contributed by atoms with van der Waals surface area (Å²) in [6, 6.07) is 9.48. The van der Waals surface area contributed by atoms with Crippen molar-refractivity contribution in [3.8, 4) is 0 Å². The lowest BCUT2D eigenvalue weighted by atomic mass is 10.1. The molecular weight excluding hydrogens is 356 g/mol. The molecule has 2 aromatic heterocycles. The van der Waals surface area contributed by atoms with E-state index in [2.05, 4.69) is 34.3 Å². The monoisotopic (exact) mass is 382 g/mol. The molecule has 1 N–H and O–H groups in total. The molecule has 0 spiro atoms. The van der Waals surface area contributed by atoms with E-state index >= 15 is 0 Å². The second kappa shape index (κ2) is 9.16. The van der Waals surface area contributed by atoms with Gasteiger partial charge < -0.3 is 19.3 Å². The van der Waals surface area contributed by atoms with Crippen LogP contribution in [0.25, 0.3) is 0 Å². The molecule has 2 heterocycles. The zero-order valence-electron chi connectivity index (χ0n) is 16.4. The van der Waals surface area contributed by atoms with Gasteiger partial charge in [-0.15, -0.1) is 0 Å². The number of benzene rings is 1. The van der Waals surface area contributed by atoms with Crippen LogP contribution in [0.2, 0.25) is 0 Å². The van der Waals surface area contributed by atoms with Crippen LogP contribution in [0.4, 0.5) is 4.79 Å². The zero-order chi connectivity index (χ0) is 19.9. The van der Waals surface area contributed by atoms with Crippen LogP contribution in [0.5, 0.6) is 0 Å². The molecule has 1 aromatic carbocycles. The summed E-state index contributed by atoms with van der Waals surface area (Å²) in [6.07, 6.45) is 6.06. The average Bonchev–Trinajstić information content (AvgIpc) is 3.33. The van der Waals surface area contributed by atoms with Crippen molar-refractivity contribution < 1.29 is 9.32 Å². The van der Waals surface area contributed by atoms with Crippen LogP contribution in [0.1, 0.15) is 37.2 Å². The maximum atomic E-state index is 12.7. The number of carbonyl (C=O) groups excluding carboxylic acids is 1. The number of nitrogens with one attached hydrogen (secondary N) is 1. The van der Waals surface area contributed by atoms with Gasteiger partial charge in [-0.1, -0.05) is 49.3 Å². The molecule has 0 unspecified atom stereocenters. The molecule has 1 atom stereocenters. The SMILES string of the molecule is CC(C)Cc1nc(CN(C)C(=O)N[C@H](Cn2ccnc2)c2ccccc2)no1. The number of nitrogens with zero attached hydrogens (tertiary/aromatic N) is 5. The van der Waals surface area contributed by atoms with E-state index in [4.69, 9.17) is 4.52 Å².